The first-order valence-electron chi connectivity index (χ1n) is 5.76. The van der Waals surface area contributed by atoms with Crippen LogP contribution in [0.4, 0.5) is 0 Å². The van der Waals surface area contributed by atoms with Crippen LogP contribution >= 0.6 is 11.3 Å². The number of nitrogens with two attached hydrogens (primary N) is 1. The number of thiophene rings is 1. The number of furan rings is 1. The molecule has 5 heteroatoms. The SMILES string of the molecule is CN(Cc1csc(C#CCN)c1)C(=O)c1ccco1. The van der Waals surface area contributed by atoms with Gasteiger partial charge in [0.25, 0.3) is 5.91 Å². The number of carbonyl (C=O) groups excluding carboxylic acids is 1. The maximum absolute atomic E-state index is 12.0. The van der Waals surface area contributed by atoms with Gasteiger partial charge in [0, 0.05) is 13.6 Å². The molecule has 0 atom stereocenters. The van der Waals surface area contributed by atoms with Gasteiger partial charge in [-0.25, -0.2) is 0 Å². The van der Waals surface area contributed by atoms with Crippen LogP contribution < -0.4 is 5.73 Å². The fourth-order valence-corrected chi connectivity index (χ4v) is 2.37. The molecule has 1 amide bonds. The Hall–Kier alpha value is -2.03. The molecule has 0 bridgehead atoms. The van der Waals surface area contributed by atoms with Gasteiger partial charge in [-0.1, -0.05) is 11.8 Å². The molecule has 0 saturated carbocycles. The Morgan fingerprint density at radius 1 is 1.58 bits per heavy atom. The summed E-state index contributed by atoms with van der Waals surface area (Å²) in [7, 11) is 1.74. The first-order valence-corrected chi connectivity index (χ1v) is 6.64. The van der Waals surface area contributed by atoms with Crippen LogP contribution in [0.25, 0.3) is 0 Å². The fourth-order valence-electron chi connectivity index (χ4n) is 1.60. The number of rotatable bonds is 3. The lowest BCUT2D eigenvalue weighted by molar-refractivity contribution is 0.0753. The van der Waals surface area contributed by atoms with E-state index in [1.54, 1.807) is 35.4 Å². The van der Waals surface area contributed by atoms with E-state index in [1.807, 2.05) is 11.4 Å². The molecule has 2 aromatic heterocycles. The van der Waals surface area contributed by atoms with Crippen LogP contribution in [0, 0.1) is 11.8 Å². The number of hydrogen-bond donors (Lipinski definition) is 1. The van der Waals surface area contributed by atoms with Crippen LogP contribution in [0.2, 0.25) is 0 Å². The van der Waals surface area contributed by atoms with E-state index >= 15 is 0 Å². The Kier molecular flexibility index (Phi) is 4.39. The standard InChI is InChI=1S/C14H14N2O2S/c1-16(14(17)13-5-3-7-18-13)9-11-8-12(19-10-11)4-2-6-15/h3,5,7-8,10H,6,9,15H2,1H3. The van der Waals surface area contributed by atoms with E-state index in [2.05, 4.69) is 11.8 Å². The highest BCUT2D eigenvalue weighted by molar-refractivity contribution is 7.10. The molecule has 0 aliphatic rings. The molecule has 0 aliphatic carbocycles. The minimum absolute atomic E-state index is 0.134. The lowest BCUT2D eigenvalue weighted by Gasteiger charge is -2.14. The lowest BCUT2D eigenvalue weighted by atomic mass is 10.3. The summed E-state index contributed by atoms with van der Waals surface area (Å²) in [6, 6.07) is 5.33. The van der Waals surface area contributed by atoms with Crippen LogP contribution in [0.3, 0.4) is 0 Å². The average molecular weight is 274 g/mol. The van der Waals surface area contributed by atoms with Gasteiger partial charge in [0.1, 0.15) is 0 Å². The van der Waals surface area contributed by atoms with Gasteiger partial charge in [0.15, 0.2) is 5.76 Å². The average Bonchev–Trinajstić information content (AvgIpc) is 3.06. The van der Waals surface area contributed by atoms with Gasteiger partial charge in [0.2, 0.25) is 0 Å². The zero-order chi connectivity index (χ0) is 13.7. The van der Waals surface area contributed by atoms with E-state index in [4.69, 9.17) is 10.2 Å². The lowest BCUT2D eigenvalue weighted by Crippen LogP contribution is -2.25. The van der Waals surface area contributed by atoms with Crippen molar-refractivity contribution in [2.75, 3.05) is 13.6 Å². The molecule has 2 heterocycles. The van der Waals surface area contributed by atoms with Crippen molar-refractivity contribution in [2.45, 2.75) is 6.54 Å². The Labute approximate surface area is 115 Å². The van der Waals surface area contributed by atoms with Gasteiger partial charge in [-0.2, -0.15) is 0 Å². The molecule has 0 unspecified atom stereocenters. The third-order valence-corrected chi connectivity index (χ3v) is 3.36. The third kappa shape index (κ3) is 3.47. The second kappa shape index (κ2) is 6.23. The van der Waals surface area contributed by atoms with Crippen molar-refractivity contribution in [1.82, 2.24) is 4.90 Å². The highest BCUT2D eigenvalue weighted by atomic mass is 32.1. The Morgan fingerprint density at radius 3 is 3.11 bits per heavy atom. The Balaban J connectivity index is 2.01. The summed E-state index contributed by atoms with van der Waals surface area (Å²) in [5, 5.41) is 1.99. The minimum Gasteiger partial charge on any atom is -0.459 e. The van der Waals surface area contributed by atoms with Gasteiger partial charge in [-0.15, -0.1) is 11.3 Å². The molecular formula is C14H14N2O2S. The molecule has 0 aliphatic heterocycles. The molecular weight excluding hydrogens is 260 g/mol. The smallest absolute Gasteiger partial charge is 0.289 e. The highest BCUT2D eigenvalue weighted by Crippen LogP contribution is 2.16. The van der Waals surface area contributed by atoms with E-state index in [1.165, 1.54) is 6.26 Å². The zero-order valence-corrected chi connectivity index (χ0v) is 11.4. The largest absolute Gasteiger partial charge is 0.459 e. The fraction of sp³-hybridized carbons (Fsp3) is 0.214. The second-order valence-electron chi connectivity index (χ2n) is 3.96. The highest BCUT2D eigenvalue weighted by Gasteiger charge is 2.14. The summed E-state index contributed by atoms with van der Waals surface area (Å²) in [5.41, 5.74) is 6.38. The van der Waals surface area contributed by atoms with Crippen molar-refractivity contribution in [3.05, 3.63) is 46.0 Å². The number of carbonyl (C=O) groups is 1. The van der Waals surface area contributed by atoms with Gasteiger partial charge in [-0.3, -0.25) is 4.79 Å². The van der Waals surface area contributed by atoms with Gasteiger partial charge in [-0.05, 0) is 29.1 Å². The van der Waals surface area contributed by atoms with E-state index in [-0.39, 0.29) is 5.91 Å². The predicted octanol–water partition coefficient (Wildman–Crippen LogP) is 1.92. The number of amides is 1. The molecule has 0 fully saturated rings. The Bertz CT molecular complexity index is 605. The summed E-state index contributed by atoms with van der Waals surface area (Å²) in [6.45, 7) is 0.879. The van der Waals surface area contributed by atoms with Crippen LogP contribution in [0.15, 0.2) is 34.3 Å². The van der Waals surface area contributed by atoms with Crippen molar-refractivity contribution in [3.8, 4) is 11.8 Å². The van der Waals surface area contributed by atoms with Crippen LogP contribution in [0.5, 0.6) is 0 Å². The molecule has 0 saturated heterocycles. The molecule has 19 heavy (non-hydrogen) atoms. The second-order valence-corrected chi connectivity index (χ2v) is 4.87. The molecule has 2 rings (SSSR count). The molecule has 2 aromatic rings. The topological polar surface area (TPSA) is 59.5 Å². The van der Waals surface area contributed by atoms with Crippen molar-refractivity contribution in [2.24, 2.45) is 5.73 Å². The third-order valence-electron chi connectivity index (χ3n) is 2.47. The maximum Gasteiger partial charge on any atom is 0.289 e. The van der Waals surface area contributed by atoms with E-state index in [9.17, 15) is 4.79 Å². The van der Waals surface area contributed by atoms with Crippen LogP contribution in [0.1, 0.15) is 21.0 Å². The van der Waals surface area contributed by atoms with Crippen molar-refractivity contribution < 1.29 is 9.21 Å². The minimum atomic E-state index is -0.134. The molecule has 0 radical (unpaired) electrons. The number of nitrogens with zero attached hydrogens (tertiary/aromatic N) is 1. The monoisotopic (exact) mass is 274 g/mol. The van der Waals surface area contributed by atoms with Crippen LogP contribution in [-0.2, 0) is 6.54 Å². The predicted molar refractivity (Wildman–Crippen MR) is 74.8 cm³/mol. The summed E-state index contributed by atoms with van der Waals surface area (Å²) >= 11 is 1.55. The van der Waals surface area contributed by atoms with Crippen molar-refractivity contribution >= 4 is 17.2 Å². The summed E-state index contributed by atoms with van der Waals surface area (Å²) in [5.74, 6) is 6.00. The summed E-state index contributed by atoms with van der Waals surface area (Å²) in [6.07, 6.45) is 1.49. The molecule has 2 N–H and O–H groups in total. The van der Waals surface area contributed by atoms with Gasteiger partial charge in [0.05, 0.1) is 17.7 Å². The Morgan fingerprint density at radius 2 is 2.42 bits per heavy atom. The van der Waals surface area contributed by atoms with E-state index < -0.39 is 0 Å². The first-order chi connectivity index (χ1) is 9.20. The quantitative estimate of drug-likeness (QED) is 0.870. The molecule has 4 nitrogen and oxygen atoms in total. The van der Waals surface area contributed by atoms with E-state index in [0.717, 1.165) is 10.4 Å². The van der Waals surface area contributed by atoms with E-state index in [0.29, 0.717) is 18.8 Å². The summed E-state index contributed by atoms with van der Waals surface area (Å²) < 4.78 is 5.09. The maximum atomic E-state index is 12.0. The van der Waals surface area contributed by atoms with Gasteiger partial charge >= 0.3 is 0 Å². The summed E-state index contributed by atoms with van der Waals surface area (Å²) in [4.78, 5) is 14.5. The first kappa shape index (κ1) is 13.4. The van der Waals surface area contributed by atoms with Crippen molar-refractivity contribution in [1.29, 1.82) is 0 Å². The molecule has 0 spiro atoms. The van der Waals surface area contributed by atoms with Crippen LogP contribution in [-0.4, -0.2) is 24.4 Å². The normalized spacial score (nSPS) is 9.79. The number of hydrogen-bond acceptors (Lipinski definition) is 4. The van der Waals surface area contributed by atoms with Gasteiger partial charge < -0.3 is 15.1 Å². The van der Waals surface area contributed by atoms with Crippen molar-refractivity contribution in [3.63, 3.8) is 0 Å². The molecule has 0 aromatic carbocycles. The molecule has 98 valence electrons. The zero-order valence-electron chi connectivity index (χ0n) is 10.6.